The smallest absolute Gasteiger partial charge is 0.0822 e. The molecule has 1 unspecified atom stereocenters. The van der Waals surface area contributed by atoms with Crippen LogP contribution in [-0.2, 0) is 5.11 Å². The van der Waals surface area contributed by atoms with Gasteiger partial charge in [-0.05, 0) is 32.4 Å². The van der Waals surface area contributed by atoms with Gasteiger partial charge in [-0.2, -0.15) is 0 Å². The summed E-state index contributed by atoms with van der Waals surface area (Å²) in [7, 11) is 0. The third-order valence-electron chi connectivity index (χ3n) is 2.48. The van der Waals surface area contributed by atoms with E-state index in [1.54, 1.807) is 0 Å². The van der Waals surface area contributed by atoms with Gasteiger partial charge < -0.3 is 4.90 Å². The Balaban J connectivity index is 3.75. The van der Waals surface area contributed by atoms with E-state index < -0.39 is 0 Å². The van der Waals surface area contributed by atoms with Gasteiger partial charge in [0.2, 0.25) is 0 Å². The summed E-state index contributed by atoms with van der Waals surface area (Å²) in [6.07, 6.45) is 3.07. The standard InChI is InChI=1S/C10H22NO/c1-4-10(8-7-9-12)11(5-2)6-3/h10H,4-9H2,1-3H3. The van der Waals surface area contributed by atoms with Crippen LogP contribution in [0.15, 0.2) is 0 Å². The van der Waals surface area contributed by atoms with Crippen molar-refractivity contribution < 1.29 is 5.11 Å². The number of hydrogen-bond acceptors (Lipinski definition) is 1. The highest BCUT2D eigenvalue weighted by molar-refractivity contribution is 4.67. The van der Waals surface area contributed by atoms with Crippen LogP contribution in [-0.4, -0.2) is 30.6 Å². The van der Waals surface area contributed by atoms with Crippen LogP contribution in [0.5, 0.6) is 0 Å². The molecule has 0 aliphatic heterocycles. The molecule has 0 N–H and O–H groups in total. The molecule has 0 heterocycles. The van der Waals surface area contributed by atoms with Crippen molar-refractivity contribution in [1.82, 2.24) is 4.90 Å². The van der Waals surface area contributed by atoms with E-state index in [1.165, 1.54) is 6.42 Å². The third kappa shape index (κ3) is 4.07. The highest BCUT2D eigenvalue weighted by Crippen LogP contribution is 2.09. The van der Waals surface area contributed by atoms with Crippen molar-refractivity contribution in [2.75, 3.05) is 19.7 Å². The highest BCUT2D eigenvalue weighted by Gasteiger charge is 2.12. The van der Waals surface area contributed by atoms with Gasteiger partial charge in [-0.25, -0.2) is 5.11 Å². The summed E-state index contributed by atoms with van der Waals surface area (Å²) < 4.78 is 0. The van der Waals surface area contributed by atoms with E-state index in [0.29, 0.717) is 6.04 Å². The van der Waals surface area contributed by atoms with Gasteiger partial charge in [0.1, 0.15) is 0 Å². The zero-order chi connectivity index (χ0) is 9.40. The van der Waals surface area contributed by atoms with Crippen LogP contribution in [0.25, 0.3) is 0 Å². The predicted octanol–water partition coefficient (Wildman–Crippen LogP) is 2.32. The van der Waals surface area contributed by atoms with Crippen LogP contribution in [0, 0.1) is 0 Å². The summed E-state index contributed by atoms with van der Waals surface area (Å²) in [6, 6.07) is 0.633. The maximum absolute atomic E-state index is 10.3. The number of nitrogens with zero attached hydrogens (tertiary/aromatic N) is 1. The van der Waals surface area contributed by atoms with Crippen molar-refractivity contribution in [2.45, 2.75) is 46.1 Å². The van der Waals surface area contributed by atoms with E-state index in [0.717, 1.165) is 25.9 Å². The van der Waals surface area contributed by atoms with Crippen molar-refractivity contribution >= 4 is 0 Å². The van der Waals surface area contributed by atoms with E-state index in [1.807, 2.05) is 0 Å². The Kier molecular flexibility index (Phi) is 7.51. The van der Waals surface area contributed by atoms with Crippen LogP contribution >= 0.6 is 0 Å². The van der Waals surface area contributed by atoms with Gasteiger partial charge in [-0.3, -0.25) is 0 Å². The van der Waals surface area contributed by atoms with Gasteiger partial charge in [0, 0.05) is 6.04 Å². The molecule has 0 aromatic rings. The minimum absolute atomic E-state index is 0.0811. The van der Waals surface area contributed by atoms with Crippen LogP contribution < -0.4 is 0 Å². The number of rotatable bonds is 7. The average Bonchev–Trinajstić information content (AvgIpc) is 2.12. The minimum Gasteiger partial charge on any atom is -0.301 e. The molecule has 0 fully saturated rings. The van der Waals surface area contributed by atoms with Gasteiger partial charge in [-0.15, -0.1) is 0 Å². The molecule has 2 nitrogen and oxygen atoms in total. The molecule has 0 saturated carbocycles. The molecule has 73 valence electrons. The summed E-state index contributed by atoms with van der Waals surface area (Å²) in [6.45, 7) is 8.86. The molecule has 12 heavy (non-hydrogen) atoms. The van der Waals surface area contributed by atoms with Crippen molar-refractivity contribution in [3.63, 3.8) is 0 Å². The lowest BCUT2D eigenvalue weighted by Crippen LogP contribution is -2.34. The predicted molar refractivity (Wildman–Crippen MR) is 51.8 cm³/mol. The highest BCUT2D eigenvalue weighted by atomic mass is 16.2. The third-order valence-corrected chi connectivity index (χ3v) is 2.48. The van der Waals surface area contributed by atoms with Crippen LogP contribution in [0.1, 0.15) is 40.0 Å². The largest absolute Gasteiger partial charge is 0.301 e. The number of hydrogen-bond donors (Lipinski definition) is 0. The van der Waals surface area contributed by atoms with Crippen molar-refractivity contribution in [2.24, 2.45) is 0 Å². The lowest BCUT2D eigenvalue weighted by atomic mass is 10.1. The first kappa shape index (κ1) is 11.9. The molecule has 0 aliphatic rings. The first-order valence-corrected chi connectivity index (χ1v) is 5.12. The summed E-state index contributed by atoms with van der Waals surface area (Å²) in [5.41, 5.74) is 0. The molecular weight excluding hydrogens is 150 g/mol. The Morgan fingerprint density at radius 1 is 1.17 bits per heavy atom. The molecule has 0 rings (SSSR count). The first-order chi connectivity index (χ1) is 5.79. The molecule has 1 atom stereocenters. The molecule has 0 spiro atoms. The van der Waals surface area contributed by atoms with Gasteiger partial charge >= 0.3 is 0 Å². The van der Waals surface area contributed by atoms with Crippen molar-refractivity contribution in [3.8, 4) is 0 Å². The normalized spacial score (nSPS) is 13.8. The maximum Gasteiger partial charge on any atom is 0.0822 e. The second-order valence-corrected chi connectivity index (χ2v) is 3.13. The van der Waals surface area contributed by atoms with Crippen LogP contribution in [0.4, 0.5) is 0 Å². The lowest BCUT2D eigenvalue weighted by Gasteiger charge is -2.28. The Morgan fingerprint density at radius 2 is 1.75 bits per heavy atom. The van der Waals surface area contributed by atoms with Crippen molar-refractivity contribution in [1.29, 1.82) is 0 Å². The fourth-order valence-electron chi connectivity index (χ4n) is 1.70. The summed E-state index contributed by atoms with van der Waals surface area (Å²) in [5.74, 6) is 0. The molecule has 0 saturated heterocycles. The first-order valence-electron chi connectivity index (χ1n) is 5.12. The average molecular weight is 172 g/mol. The Morgan fingerprint density at radius 3 is 2.08 bits per heavy atom. The van der Waals surface area contributed by atoms with E-state index in [9.17, 15) is 5.11 Å². The summed E-state index contributed by atoms with van der Waals surface area (Å²) >= 11 is 0. The molecule has 1 radical (unpaired) electrons. The van der Waals surface area contributed by atoms with E-state index >= 15 is 0 Å². The second-order valence-electron chi connectivity index (χ2n) is 3.13. The van der Waals surface area contributed by atoms with Gasteiger partial charge in [0.15, 0.2) is 0 Å². The Labute approximate surface area is 76.6 Å². The Bertz CT molecular complexity index is 91.8. The molecule has 0 amide bonds. The second kappa shape index (κ2) is 7.56. The van der Waals surface area contributed by atoms with E-state index in [2.05, 4.69) is 25.7 Å². The summed E-state index contributed by atoms with van der Waals surface area (Å²) in [5, 5.41) is 10.3. The molecular formula is C10H22NO. The van der Waals surface area contributed by atoms with Crippen LogP contribution in [0.3, 0.4) is 0 Å². The van der Waals surface area contributed by atoms with Gasteiger partial charge in [0.05, 0.1) is 6.61 Å². The van der Waals surface area contributed by atoms with E-state index in [4.69, 9.17) is 0 Å². The van der Waals surface area contributed by atoms with Gasteiger partial charge in [-0.1, -0.05) is 20.8 Å². The fourth-order valence-corrected chi connectivity index (χ4v) is 1.70. The van der Waals surface area contributed by atoms with E-state index in [-0.39, 0.29) is 6.61 Å². The van der Waals surface area contributed by atoms with Gasteiger partial charge in [0.25, 0.3) is 0 Å². The quantitative estimate of drug-likeness (QED) is 0.578. The molecule has 0 aliphatic carbocycles. The minimum atomic E-state index is 0.0811. The molecule has 0 aromatic heterocycles. The molecule has 0 bridgehead atoms. The van der Waals surface area contributed by atoms with Crippen molar-refractivity contribution in [3.05, 3.63) is 0 Å². The monoisotopic (exact) mass is 172 g/mol. The molecule has 2 heteroatoms. The summed E-state index contributed by atoms with van der Waals surface area (Å²) in [4.78, 5) is 2.44. The topological polar surface area (TPSA) is 23.1 Å². The maximum atomic E-state index is 10.3. The fraction of sp³-hybridized carbons (Fsp3) is 1.00. The zero-order valence-corrected chi connectivity index (χ0v) is 8.68. The SMILES string of the molecule is CCC(CCC[O])N(CC)CC. The lowest BCUT2D eigenvalue weighted by molar-refractivity contribution is 0.153. The molecule has 0 aromatic carbocycles. The zero-order valence-electron chi connectivity index (χ0n) is 8.68. The van der Waals surface area contributed by atoms with Crippen LogP contribution in [0.2, 0.25) is 0 Å². The Hall–Kier alpha value is -0.0800.